The summed E-state index contributed by atoms with van der Waals surface area (Å²) in [4.78, 5) is 10.9. The van der Waals surface area contributed by atoms with E-state index in [4.69, 9.17) is 5.11 Å². The van der Waals surface area contributed by atoms with Crippen molar-refractivity contribution in [1.29, 1.82) is 0 Å². The minimum absolute atomic E-state index is 0.163. The van der Waals surface area contributed by atoms with Gasteiger partial charge in [0.2, 0.25) is 0 Å². The molecule has 0 radical (unpaired) electrons. The second kappa shape index (κ2) is 3.88. The summed E-state index contributed by atoms with van der Waals surface area (Å²) in [5.41, 5.74) is 1.31. The van der Waals surface area contributed by atoms with Crippen LogP contribution in [-0.4, -0.2) is 11.1 Å². The summed E-state index contributed by atoms with van der Waals surface area (Å²) in [6.07, 6.45) is 6.84. The fourth-order valence-electron chi connectivity index (χ4n) is 1.32. The molecule has 0 aliphatic carbocycles. The molecule has 0 saturated heterocycles. The smallest absolute Gasteiger partial charge is 0.337 e. The van der Waals surface area contributed by atoms with E-state index in [-0.39, 0.29) is 5.56 Å². The summed E-state index contributed by atoms with van der Waals surface area (Å²) >= 11 is 0. The number of nitrogens with zero attached hydrogens (tertiary/aromatic N) is 2. The molecule has 0 saturated carbocycles. The van der Waals surface area contributed by atoms with E-state index in [1.165, 1.54) is 12.3 Å². The Balaban J connectivity index is 2.64. The highest BCUT2D eigenvalue weighted by Crippen LogP contribution is 2.27. The summed E-state index contributed by atoms with van der Waals surface area (Å²) in [5, 5.41) is 16.6. The molecule has 1 N–H and O–H groups in total. The lowest BCUT2D eigenvalue weighted by Crippen LogP contribution is -1.97. The van der Waals surface area contributed by atoms with Gasteiger partial charge in [-0.15, -0.1) is 5.11 Å². The maximum absolute atomic E-state index is 10.9. The van der Waals surface area contributed by atoms with Gasteiger partial charge in [-0.3, -0.25) is 0 Å². The molecule has 74 valence electrons. The van der Waals surface area contributed by atoms with Crippen molar-refractivity contribution in [3.63, 3.8) is 0 Å². The van der Waals surface area contributed by atoms with Crippen LogP contribution in [0.15, 0.2) is 46.8 Å². The number of benzene rings is 1. The predicted octanol–water partition coefficient (Wildman–Crippen LogP) is 3.01. The minimum Gasteiger partial charge on any atom is -0.478 e. The van der Waals surface area contributed by atoms with E-state index in [9.17, 15) is 4.79 Å². The fraction of sp³-hybridized carbons (Fsp3) is 0. The van der Waals surface area contributed by atoms with Crippen molar-refractivity contribution in [2.24, 2.45) is 10.2 Å². The molecule has 4 heteroatoms. The van der Waals surface area contributed by atoms with Crippen molar-refractivity contribution in [1.82, 2.24) is 0 Å². The van der Waals surface area contributed by atoms with Gasteiger partial charge in [-0.2, -0.15) is 5.11 Å². The second-order valence-electron chi connectivity index (χ2n) is 2.96. The maximum atomic E-state index is 10.9. The van der Waals surface area contributed by atoms with Gasteiger partial charge in [0.1, 0.15) is 5.69 Å². The van der Waals surface area contributed by atoms with Crippen molar-refractivity contribution in [2.45, 2.75) is 0 Å². The molecule has 0 amide bonds. The number of azo groups is 1. The second-order valence-corrected chi connectivity index (χ2v) is 2.96. The number of hydrogen-bond acceptors (Lipinski definition) is 3. The van der Waals surface area contributed by atoms with Crippen LogP contribution in [0.25, 0.3) is 6.08 Å². The molecule has 1 aliphatic rings. The summed E-state index contributed by atoms with van der Waals surface area (Å²) < 4.78 is 0. The van der Waals surface area contributed by atoms with Gasteiger partial charge >= 0.3 is 5.97 Å². The Kier molecular flexibility index (Phi) is 2.41. The lowest BCUT2D eigenvalue weighted by Gasteiger charge is -2.04. The molecule has 15 heavy (non-hydrogen) atoms. The van der Waals surface area contributed by atoms with E-state index in [0.717, 1.165) is 5.56 Å². The summed E-state index contributed by atoms with van der Waals surface area (Å²) in [5.74, 6) is -0.997. The lowest BCUT2D eigenvalue weighted by molar-refractivity contribution is 0.0697. The Hall–Kier alpha value is -2.23. The molecule has 0 atom stereocenters. The van der Waals surface area contributed by atoms with Crippen molar-refractivity contribution in [2.75, 3.05) is 0 Å². The number of carboxylic acid groups (broad SMARTS) is 1. The number of fused-ring (bicyclic) bond motifs is 1. The number of rotatable bonds is 1. The summed E-state index contributed by atoms with van der Waals surface area (Å²) in [7, 11) is 0. The van der Waals surface area contributed by atoms with E-state index in [1.807, 2.05) is 0 Å². The Morgan fingerprint density at radius 3 is 2.93 bits per heavy atom. The quantitative estimate of drug-likeness (QED) is 0.757. The van der Waals surface area contributed by atoms with Crippen LogP contribution in [0.2, 0.25) is 0 Å². The minimum atomic E-state index is -0.997. The van der Waals surface area contributed by atoms with Gasteiger partial charge in [0, 0.05) is 11.8 Å². The Morgan fingerprint density at radius 1 is 1.27 bits per heavy atom. The Morgan fingerprint density at radius 2 is 2.13 bits per heavy atom. The van der Waals surface area contributed by atoms with Crippen LogP contribution in [-0.2, 0) is 0 Å². The number of allylic oxidation sites excluding steroid dienone is 2. The van der Waals surface area contributed by atoms with Crippen LogP contribution in [0.4, 0.5) is 5.69 Å². The number of hydrogen-bond donors (Lipinski definition) is 1. The van der Waals surface area contributed by atoms with E-state index >= 15 is 0 Å². The number of carboxylic acids is 1. The molecule has 0 bridgehead atoms. The highest BCUT2D eigenvalue weighted by atomic mass is 16.4. The average Bonchev–Trinajstić information content (AvgIpc) is 2.17. The molecular formula is C11H8N2O2. The van der Waals surface area contributed by atoms with Gasteiger partial charge in [-0.25, -0.2) is 4.79 Å². The zero-order valence-electron chi connectivity index (χ0n) is 7.79. The van der Waals surface area contributed by atoms with Crippen LogP contribution >= 0.6 is 0 Å². The number of aromatic carboxylic acids is 1. The molecule has 0 spiro atoms. The van der Waals surface area contributed by atoms with Gasteiger partial charge in [-0.05, 0) is 12.1 Å². The first-order valence-corrected chi connectivity index (χ1v) is 4.39. The van der Waals surface area contributed by atoms with Crippen molar-refractivity contribution in [3.8, 4) is 0 Å². The van der Waals surface area contributed by atoms with Gasteiger partial charge in [-0.1, -0.05) is 24.3 Å². The molecule has 1 aromatic rings. The van der Waals surface area contributed by atoms with E-state index < -0.39 is 5.97 Å². The highest BCUT2D eigenvalue weighted by Gasteiger charge is 2.12. The third-order valence-corrected chi connectivity index (χ3v) is 2.00. The van der Waals surface area contributed by atoms with Crippen LogP contribution < -0.4 is 0 Å². The van der Waals surface area contributed by atoms with E-state index in [2.05, 4.69) is 10.2 Å². The van der Waals surface area contributed by atoms with E-state index in [1.54, 1.807) is 30.4 Å². The molecule has 0 unspecified atom stereocenters. The third-order valence-electron chi connectivity index (χ3n) is 2.00. The zero-order chi connectivity index (χ0) is 10.7. The molecule has 1 heterocycles. The standard InChI is InChI=1S/C11H8N2O2/c14-11(15)9-6-3-5-8-4-1-2-7-12-13-10(8)9/h1-7H,(H,14,15)/b2-1?,4-1-,7-2-,8-4?,12-7?,13-10?,13-12?. The molecule has 0 aromatic heterocycles. The number of carbonyl (C=O) groups is 1. The third kappa shape index (κ3) is 1.83. The molecular weight excluding hydrogens is 192 g/mol. The van der Waals surface area contributed by atoms with Gasteiger partial charge in [0.15, 0.2) is 0 Å². The topological polar surface area (TPSA) is 62.0 Å². The van der Waals surface area contributed by atoms with Gasteiger partial charge in [0.05, 0.1) is 5.56 Å². The van der Waals surface area contributed by atoms with Crippen LogP contribution in [0.3, 0.4) is 0 Å². The largest absolute Gasteiger partial charge is 0.478 e. The molecule has 1 aromatic carbocycles. The van der Waals surface area contributed by atoms with E-state index in [0.29, 0.717) is 5.69 Å². The van der Waals surface area contributed by atoms with Gasteiger partial charge in [0.25, 0.3) is 0 Å². The SMILES string of the molecule is O=C(O)c1cccc2c1N=N/C=C\C=C/2. The fourth-order valence-corrected chi connectivity index (χ4v) is 1.32. The van der Waals surface area contributed by atoms with Crippen LogP contribution in [0.1, 0.15) is 15.9 Å². The van der Waals surface area contributed by atoms with Crippen molar-refractivity contribution >= 4 is 17.7 Å². The van der Waals surface area contributed by atoms with Gasteiger partial charge < -0.3 is 5.11 Å². The highest BCUT2D eigenvalue weighted by molar-refractivity contribution is 5.95. The first kappa shape index (κ1) is 9.33. The molecule has 1 aliphatic heterocycles. The lowest BCUT2D eigenvalue weighted by atomic mass is 10.1. The van der Waals surface area contributed by atoms with Crippen molar-refractivity contribution < 1.29 is 9.90 Å². The normalized spacial score (nSPS) is 17.3. The predicted molar refractivity (Wildman–Crippen MR) is 56.1 cm³/mol. The monoisotopic (exact) mass is 200 g/mol. The van der Waals surface area contributed by atoms with Crippen molar-refractivity contribution in [3.05, 3.63) is 47.7 Å². The molecule has 2 rings (SSSR count). The molecule has 4 nitrogen and oxygen atoms in total. The van der Waals surface area contributed by atoms with Crippen LogP contribution in [0, 0.1) is 0 Å². The zero-order valence-corrected chi connectivity index (χ0v) is 7.79. The maximum Gasteiger partial charge on any atom is 0.337 e. The summed E-state index contributed by atoms with van der Waals surface area (Å²) in [6.45, 7) is 0. The molecule has 0 fully saturated rings. The summed E-state index contributed by atoms with van der Waals surface area (Å²) in [6, 6.07) is 5.00. The first-order valence-electron chi connectivity index (χ1n) is 4.39. The Labute approximate surface area is 86.3 Å². The Bertz CT molecular complexity index is 487. The van der Waals surface area contributed by atoms with Crippen LogP contribution in [0.5, 0.6) is 0 Å². The average molecular weight is 200 g/mol. The first-order chi connectivity index (χ1) is 7.29.